The van der Waals surface area contributed by atoms with E-state index >= 15 is 8.78 Å². The lowest BCUT2D eigenvalue weighted by Gasteiger charge is -2.37. The highest BCUT2D eigenvalue weighted by molar-refractivity contribution is 5.89. The fourth-order valence-electron chi connectivity index (χ4n) is 6.37. The zero-order chi connectivity index (χ0) is 30.5. The Morgan fingerprint density at radius 1 is 1.05 bits per heavy atom. The van der Waals surface area contributed by atoms with Crippen LogP contribution in [0.5, 0.6) is 0 Å². The fourth-order valence-corrected chi connectivity index (χ4v) is 6.37. The van der Waals surface area contributed by atoms with E-state index in [9.17, 15) is 4.79 Å². The predicted molar refractivity (Wildman–Crippen MR) is 161 cm³/mol. The van der Waals surface area contributed by atoms with Gasteiger partial charge >= 0.3 is 0 Å². The van der Waals surface area contributed by atoms with Crippen LogP contribution >= 0.6 is 0 Å². The summed E-state index contributed by atoms with van der Waals surface area (Å²) >= 11 is 0. The average molecular weight is 600 g/mol. The molecule has 0 radical (unpaired) electrons. The number of benzene rings is 3. The van der Waals surface area contributed by atoms with Gasteiger partial charge in [-0.2, -0.15) is 0 Å². The van der Waals surface area contributed by atoms with Crippen molar-refractivity contribution in [3.05, 3.63) is 126 Å². The van der Waals surface area contributed by atoms with Crippen molar-refractivity contribution in [3.8, 4) is 11.4 Å². The van der Waals surface area contributed by atoms with Crippen LogP contribution < -0.4 is 5.32 Å². The molecule has 1 fully saturated rings. The van der Waals surface area contributed by atoms with Crippen LogP contribution in [0.15, 0.2) is 97.2 Å². The van der Waals surface area contributed by atoms with Gasteiger partial charge in [0.1, 0.15) is 18.2 Å². The number of ether oxygens (including phenoxy) is 3. The largest absolute Gasteiger partial charge is 0.461 e. The minimum absolute atomic E-state index is 0.0290. The van der Waals surface area contributed by atoms with E-state index in [1.165, 1.54) is 25.6 Å². The number of hydrogen-bond donors (Lipinski definition) is 1. The fraction of sp³-hybridized carbons (Fsp3) is 0.314. The van der Waals surface area contributed by atoms with Gasteiger partial charge in [0.05, 0.1) is 5.56 Å². The number of aromatic nitrogens is 2. The van der Waals surface area contributed by atoms with Gasteiger partial charge in [0.25, 0.3) is 5.91 Å². The smallest absolute Gasteiger partial charge is 0.254 e. The van der Waals surface area contributed by atoms with Crippen molar-refractivity contribution in [3.63, 3.8) is 0 Å². The normalized spacial score (nSPS) is 17.2. The number of carbonyl (C=O) groups is 1. The number of halogens is 2. The number of amides is 1. The monoisotopic (exact) mass is 599 g/mol. The average Bonchev–Trinajstić information content (AvgIpc) is 3.77. The van der Waals surface area contributed by atoms with Crippen molar-refractivity contribution < 1.29 is 27.8 Å². The summed E-state index contributed by atoms with van der Waals surface area (Å²) in [6.07, 6.45) is 8.80. The second kappa shape index (κ2) is 13.0. The lowest BCUT2D eigenvalue weighted by atomic mass is 9.85. The third-order valence-electron chi connectivity index (χ3n) is 8.52. The zero-order valence-corrected chi connectivity index (χ0v) is 24.5. The summed E-state index contributed by atoms with van der Waals surface area (Å²) < 4.78 is 50.2. The number of nitrogens with zero attached hydrogens (tertiary/aromatic N) is 2. The van der Waals surface area contributed by atoms with Gasteiger partial charge in [0, 0.05) is 32.0 Å². The molecule has 1 saturated carbocycles. The molecule has 1 amide bonds. The first-order chi connectivity index (χ1) is 21.5. The maximum absolute atomic E-state index is 16.1. The molecular weight excluding hydrogens is 564 g/mol. The van der Waals surface area contributed by atoms with E-state index in [1.54, 1.807) is 10.8 Å². The molecule has 2 unspecified atom stereocenters. The van der Waals surface area contributed by atoms with Crippen LogP contribution in [-0.4, -0.2) is 35.4 Å². The Hall–Kier alpha value is -4.50. The van der Waals surface area contributed by atoms with Crippen LogP contribution in [0.1, 0.15) is 54.9 Å². The minimum Gasteiger partial charge on any atom is -0.461 e. The lowest BCUT2D eigenvalue weighted by Crippen LogP contribution is -2.54. The summed E-state index contributed by atoms with van der Waals surface area (Å²) in [6, 6.07) is 21.4. The van der Waals surface area contributed by atoms with E-state index < -0.39 is 23.3 Å². The van der Waals surface area contributed by atoms with Crippen LogP contribution in [-0.2, 0) is 31.0 Å². The van der Waals surface area contributed by atoms with Crippen molar-refractivity contribution in [1.82, 2.24) is 14.9 Å². The molecule has 3 aromatic carbocycles. The Balaban J connectivity index is 1.57. The molecule has 44 heavy (non-hydrogen) atoms. The summed E-state index contributed by atoms with van der Waals surface area (Å²) in [6.45, 7) is -0.0774. The van der Waals surface area contributed by atoms with Gasteiger partial charge in [0.15, 0.2) is 22.9 Å². The second-order valence-corrected chi connectivity index (χ2v) is 11.2. The third kappa shape index (κ3) is 5.59. The third-order valence-corrected chi connectivity index (χ3v) is 8.52. The summed E-state index contributed by atoms with van der Waals surface area (Å²) in [5.74, 6) is -2.17. The molecule has 6 rings (SSSR count). The Bertz CT molecular complexity index is 1620. The molecule has 0 spiro atoms. The molecule has 1 aliphatic heterocycles. The van der Waals surface area contributed by atoms with Gasteiger partial charge < -0.3 is 24.1 Å². The summed E-state index contributed by atoms with van der Waals surface area (Å²) in [5, 5.41) is 3.27. The molecule has 0 saturated heterocycles. The van der Waals surface area contributed by atoms with E-state index in [1.807, 2.05) is 60.7 Å². The highest BCUT2D eigenvalue weighted by atomic mass is 19.2. The van der Waals surface area contributed by atoms with E-state index in [2.05, 4.69) is 10.3 Å². The topological polar surface area (TPSA) is 74.6 Å². The van der Waals surface area contributed by atoms with Crippen LogP contribution in [0.3, 0.4) is 0 Å². The molecule has 1 aliphatic carbocycles. The Kier molecular flexibility index (Phi) is 8.74. The number of imidazole rings is 1. The summed E-state index contributed by atoms with van der Waals surface area (Å²) in [4.78, 5) is 19.3. The zero-order valence-electron chi connectivity index (χ0n) is 24.5. The standard InChI is InChI=1S/C35H35F2N3O4/c1-42-32(25-13-7-3-8-14-25)27-17-18-28(36)31(37)30(27)33-38-19-20-40(33)35(29-22-43-23-44-29,21-24-11-5-2-6-12-24)34(41)39-26-15-9-4-10-16-26/h2-3,5-8,11-14,17-20,22,26,32H,4,9-10,15-16,21,23H2,1H3,(H,39,41). The maximum atomic E-state index is 16.1. The molecular formula is C35H35F2N3O4. The van der Waals surface area contributed by atoms with E-state index in [-0.39, 0.29) is 42.3 Å². The molecule has 2 atom stereocenters. The Morgan fingerprint density at radius 3 is 2.45 bits per heavy atom. The van der Waals surface area contributed by atoms with Gasteiger partial charge in [-0.3, -0.25) is 4.79 Å². The highest BCUT2D eigenvalue weighted by Crippen LogP contribution is 2.42. The first kappa shape index (κ1) is 29.6. The molecule has 7 nitrogen and oxygen atoms in total. The molecule has 2 aliphatic rings. The Morgan fingerprint density at radius 2 is 1.77 bits per heavy atom. The van der Waals surface area contributed by atoms with Gasteiger partial charge in [-0.15, -0.1) is 0 Å². The first-order valence-electron chi connectivity index (χ1n) is 14.9. The second-order valence-electron chi connectivity index (χ2n) is 11.2. The molecule has 1 N–H and O–H groups in total. The van der Waals surface area contributed by atoms with Crippen LogP contribution in [0.25, 0.3) is 11.4 Å². The predicted octanol–water partition coefficient (Wildman–Crippen LogP) is 6.80. The van der Waals surface area contributed by atoms with Crippen molar-refractivity contribution in [2.75, 3.05) is 13.9 Å². The molecule has 0 bridgehead atoms. The van der Waals surface area contributed by atoms with Crippen LogP contribution in [0, 0.1) is 11.6 Å². The molecule has 9 heteroatoms. The Labute approximate surface area is 255 Å². The van der Waals surface area contributed by atoms with Crippen molar-refractivity contribution in [2.45, 2.75) is 56.2 Å². The number of hydrogen-bond acceptors (Lipinski definition) is 5. The highest BCUT2D eigenvalue weighted by Gasteiger charge is 2.50. The summed E-state index contributed by atoms with van der Waals surface area (Å²) in [5.41, 5.74) is 0.270. The molecule has 228 valence electrons. The number of nitrogens with one attached hydrogen (secondary N) is 1. The van der Waals surface area contributed by atoms with Crippen molar-refractivity contribution >= 4 is 5.91 Å². The number of rotatable bonds is 10. The number of carbonyl (C=O) groups excluding carboxylic acids is 1. The van der Waals surface area contributed by atoms with Crippen molar-refractivity contribution in [1.29, 1.82) is 0 Å². The minimum atomic E-state index is -1.58. The summed E-state index contributed by atoms with van der Waals surface area (Å²) in [7, 11) is 1.51. The van der Waals surface area contributed by atoms with Crippen LogP contribution in [0.2, 0.25) is 0 Å². The van der Waals surface area contributed by atoms with E-state index in [0.717, 1.165) is 49.3 Å². The van der Waals surface area contributed by atoms with Crippen molar-refractivity contribution in [2.24, 2.45) is 0 Å². The van der Waals surface area contributed by atoms with Gasteiger partial charge in [-0.1, -0.05) is 86.0 Å². The van der Waals surface area contributed by atoms with E-state index in [0.29, 0.717) is 5.56 Å². The van der Waals surface area contributed by atoms with Crippen LogP contribution in [0.4, 0.5) is 8.78 Å². The SMILES string of the molecule is COC(c1ccccc1)c1ccc(F)c(F)c1-c1nccn1C(Cc1ccccc1)(C(=O)NC1CCCCC1)C1=COCO1. The first-order valence-corrected chi connectivity index (χ1v) is 14.9. The van der Waals surface area contributed by atoms with Gasteiger partial charge in [-0.05, 0) is 35.6 Å². The van der Waals surface area contributed by atoms with Gasteiger partial charge in [-0.25, -0.2) is 13.8 Å². The molecule has 4 aromatic rings. The number of methoxy groups -OCH3 is 1. The van der Waals surface area contributed by atoms with E-state index in [4.69, 9.17) is 14.2 Å². The lowest BCUT2D eigenvalue weighted by molar-refractivity contribution is -0.131. The maximum Gasteiger partial charge on any atom is 0.254 e. The quantitative estimate of drug-likeness (QED) is 0.217. The molecule has 1 aromatic heterocycles. The molecule has 2 heterocycles. The van der Waals surface area contributed by atoms with Gasteiger partial charge in [0.2, 0.25) is 6.79 Å².